The SMILES string of the molecule is Cc1ccc(CNCc2ccn(C3CCCCC3)n2)cn1. The molecule has 1 aliphatic rings. The van der Waals surface area contributed by atoms with Crippen LogP contribution in [0.1, 0.15) is 55.1 Å². The third-order valence-electron chi connectivity index (χ3n) is 4.22. The quantitative estimate of drug-likeness (QED) is 0.915. The Morgan fingerprint density at radius 2 is 2.00 bits per heavy atom. The normalized spacial score (nSPS) is 16.2. The van der Waals surface area contributed by atoms with Gasteiger partial charge in [-0.25, -0.2) is 0 Å². The van der Waals surface area contributed by atoms with Crippen LogP contribution in [-0.4, -0.2) is 14.8 Å². The molecule has 0 amide bonds. The van der Waals surface area contributed by atoms with E-state index < -0.39 is 0 Å². The Kier molecular flexibility index (Phi) is 4.65. The van der Waals surface area contributed by atoms with Crippen molar-refractivity contribution in [2.24, 2.45) is 0 Å². The van der Waals surface area contributed by atoms with Crippen molar-refractivity contribution in [2.45, 2.75) is 58.2 Å². The molecule has 2 heterocycles. The monoisotopic (exact) mass is 284 g/mol. The molecule has 1 aliphatic carbocycles. The molecule has 0 unspecified atom stereocenters. The van der Waals surface area contributed by atoms with Gasteiger partial charge in [0.25, 0.3) is 0 Å². The van der Waals surface area contributed by atoms with E-state index in [2.05, 4.69) is 39.4 Å². The lowest BCUT2D eigenvalue weighted by Crippen LogP contribution is -2.16. The Labute approximate surface area is 126 Å². The fourth-order valence-electron chi connectivity index (χ4n) is 2.96. The molecule has 2 aromatic rings. The topological polar surface area (TPSA) is 42.7 Å². The summed E-state index contributed by atoms with van der Waals surface area (Å²) < 4.78 is 2.17. The summed E-state index contributed by atoms with van der Waals surface area (Å²) in [4.78, 5) is 4.31. The molecule has 0 aliphatic heterocycles. The van der Waals surface area contributed by atoms with Gasteiger partial charge in [-0.3, -0.25) is 9.67 Å². The van der Waals surface area contributed by atoms with Crippen LogP contribution in [0, 0.1) is 6.92 Å². The standard InChI is InChI=1S/C17H24N4/c1-14-7-8-15(12-19-14)11-18-13-16-9-10-21(20-16)17-5-3-2-4-6-17/h7-10,12,17-18H,2-6,11,13H2,1H3. The molecule has 112 valence electrons. The summed E-state index contributed by atoms with van der Waals surface area (Å²) in [5, 5.41) is 8.16. The summed E-state index contributed by atoms with van der Waals surface area (Å²) >= 11 is 0. The van der Waals surface area contributed by atoms with Crippen molar-refractivity contribution in [1.82, 2.24) is 20.1 Å². The minimum absolute atomic E-state index is 0.619. The Morgan fingerprint density at radius 3 is 2.76 bits per heavy atom. The van der Waals surface area contributed by atoms with E-state index >= 15 is 0 Å². The van der Waals surface area contributed by atoms with Crippen molar-refractivity contribution in [3.05, 3.63) is 47.5 Å². The lowest BCUT2D eigenvalue weighted by atomic mass is 9.96. The highest BCUT2D eigenvalue weighted by Gasteiger charge is 2.15. The van der Waals surface area contributed by atoms with Gasteiger partial charge in [-0.15, -0.1) is 0 Å². The van der Waals surface area contributed by atoms with E-state index in [0.717, 1.165) is 24.5 Å². The van der Waals surface area contributed by atoms with Crippen molar-refractivity contribution < 1.29 is 0 Å². The lowest BCUT2D eigenvalue weighted by Gasteiger charge is -2.21. The van der Waals surface area contributed by atoms with Crippen LogP contribution < -0.4 is 5.32 Å². The Morgan fingerprint density at radius 1 is 1.14 bits per heavy atom. The first-order chi connectivity index (χ1) is 10.3. The van der Waals surface area contributed by atoms with E-state index in [4.69, 9.17) is 5.10 Å². The number of aromatic nitrogens is 3. The van der Waals surface area contributed by atoms with Crippen LogP contribution in [0.3, 0.4) is 0 Å². The summed E-state index contributed by atoms with van der Waals surface area (Å²) in [5.41, 5.74) is 3.40. The average molecular weight is 284 g/mol. The summed E-state index contributed by atoms with van der Waals surface area (Å²) in [6.07, 6.45) is 10.7. The molecule has 0 spiro atoms. The maximum Gasteiger partial charge on any atom is 0.0762 e. The van der Waals surface area contributed by atoms with Gasteiger partial charge in [0, 0.05) is 31.2 Å². The van der Waals surface area contributed by atoms with Gasteiger partial charge < -0.3 is 5.32 Å². The van der Waals surface area contributed by atoms with Gasteiger partial charge in [0.1, 0.15) is 0 Å². The largest absolute Gasteiger partial charge is 0.307 e. The fraction of sp³-hybridized carbons (Fsp3) is 0.529. The van der Waals surface area contributed by atoms with Crippen molar-refractivity contribution in [2.75, 3.05) is 0 Å². The maximum atomic E-state index is 4.72. The number of hydrogen-bond donors (Lipinski definition) is 1. The summed E-state index contributed by atoms with van der Waals surface area (Å²) in [6.45, 7) is 3.66. The van der Waals surface area contributed by atoms with Gasteiger partial charge in [0.05, 0.1) is 11.7 Å². The molecular formula is C17H24N4. The van der Waals surface area contributed by atoms with Gasteiger partial charge in [-0.1, -0.05) is 25.3 Å². The van der Waals surface area contributed by atoms with Crippen LogP contribution in [0.25, 0.3) is 0 Å². The summed E-state index contributed by atoms with van der Waals surface area (Å²) in [7, 11) is 0. The van der Waals surface area contributed by atoms with Crippen LogP contribution in [0.2, 0.25) is 0 Å². The molecule has 1 fully saturated rings. The number of nitrogens with zero attached hydrogens (tertiary/aromatic N) is 3. The van der Waals surface area contributed by atoms with Crippen molar-refractivity contribution in [3.63, 3.8) is 0 Å². The van der Waals surface area contributed by atoms with Crippen molar-refractivity contribution >= 4 is 0 Å². The van der Waals surface area contributed by atoms with Crippen molar-refractivity contribution in [1.29, 1.82) is 0 Å². The molecule has 0 bridgehead atoms. The molecule has 4 nitrogen and oxygen atoms in total. The lowest BCUT2D eigenvalue weighted by molar-refractivity contribution is 0.327. The molecule has 21 heavy (non-hydrogen) atoms. The van der Waals surface area contributed by atoms with Crippen LogP contribution in [-0.2, 0) is 13.1 Å². The van der Waals surface area contributed by atoms with Crippen LogP contribution in [0.5, 0.6) is 0 Å². The Bertz CT molecular complexity index is 552. The molecule has 3 rings (SSSR count). The van der Waals surface area contributed by atoms with Gasteiger partial charge in [0.2, 0.25) is 0 Å². The highest BCUT2D eigenvalue weighted by Crippen LogP contribution is 2.27. The fourth-order valence-corrected chi connectivity index (χ4v) is 2.96. The van der Waals surface area contributed by atoms with Crippen LogP contribution >= 0.6 is 0 Å². The zero-order chi connectivity index (χ0) is 14.5. The second-order valence-corrected chi connectivity index (χ2v) is 5.99. The zero-order valence-electron chi connectivity index (χ0n) is 12.8. The highest BCUT2D eigenvalue weighted by molar-refractivity contribution is 5.13. The molecule has 0 aromatic carbocycles. The van der Waals surface area contributed by atoms with Crippen LogP contribution in [0.4, 0.5) is 0 Å². The molecule has 0 atom stereocenters. The first kappa shape index (κ1) is 14.3. The first-order valence-corrected chi connectivity index (χ1v) is 7.97. The van der Waals surface area contributed by atoms with E-state index in [1.165, 1.54) is 37.7 Å². The number of nitrogens with one attached hydrogen (secondary N) is 1. The molecule has 0 radical (unpaired) electrons. The minimum Gasteiger partial charge on any atom is -0.307 e. The molecule has 0 saturated heterocycles. The molecule has 1 saturated carbocycles. The van der Waals surface area contributed by atoms with E-state index in [-0.39, 0.29) is 0 Å². The van der Waals surface area contributed by atoms with Gasteiger partial charge in [0.15, 0.2) is 0 Å². The highest BCUT2D eigenvalue weighted by atomic mass is 15.3. The summed E-state index contributed by atoms with van der Waals surface area (Å²) in [6, 6.07) is 6.92. The predicted molar refractivity (Wildman–Crippen MR) is 83.9 cm³/mol. The van der Waals surface area contributed by atoms with Crippen LogP contribution in [0.15, 0.2) is 30.6 Å². The maximum absolute atomic E-state index is 4.72. The van der Waals surface area contributed by atoms with E-state index in [1.807, 2.05) is 13.1 Å². The second kappa shape index (κ2) is 6.85. The second-order valence-electron chi connectivity index (χ2n) is 5.99. The third kappa shape index (κ3) is 3.91. The van der Waals surface area contributed by atoms with E-state index in [0.29, 0.717) is 6.04 Å². The third-order valence-corrected chi connectivity index (χ3v) is 4.22. The Hall–Kier alpha value is -1.68. The number of rotatable bonds is 5. The number of pyridine rings is 1. The molecule has 4 heteroatoms. The minimum atomic E-state index is 0.619. The zero-order valence-corrected chi connectivity index (χ0v) is 12.8. The Balaban J connectivity index is 1.49. The predicted octanol–water partition coefficient (Wildman–Crippen LogP) is 3.38. The summed E-state index contributed by atoms with van der Waals surface area (Å²) in [5.74, 6) is 0. The molecular weight excluding hydrogens is 260 g/mol. The number of hydrogen-bond acceptors (Lipinski definition) is 3. The molecule has 1 N–H and O–H groups in total. The van der Waals surface area contributed by atoms with E-state index in [1.54, 1.807) is 0 Å². The number of aryl methyl sites for hydroxylation is 1. The van der Waals surface area contributed by atoms with E-state index in [9.17, 15) is 0 Å². The van der Waals surface area contributed by atoms with Gasteiger partial charge >= 0.3 is 0 Å². The van der Waals surface area contributed by atoms with Gasteiger partial charge in [-0.05, 0) is 37.5 Å². The first-order valence-electron chi connectivity index (χ1n) is 7.97. The molecule has 2 aromatic heterocycles. The smallest absolute Gasteiger partial charge is 0.0762 e. The van der Waals surface area contributed by atoms with Crippen molar-refractivity contribution in [3.8, 4) is 0 Å². The average Bonchev–Trinajstić information content (AvgIpc) is 2.99. The van der Waals surface area contributed by atoms with Gasteiger partial charge in [-0.2, -0.15) is 5.10 Å².